The maximum atomic E-state index is 9.50. The molecule has 0 atom stereocenters. The van der Waals surface area contributed by atoms with Gasteiger partial charge in [0.1, 0.15) is 5.75 Å². The smallest absolute Gasteiger partial charge is 0.187 e. The molecule has 0 saturated carbocycles. The Morgan fingerprint density at radius 1 is 0.569 bits per heavy atom. The quantitative estimate of drug-likeness (QED) is 0.168. The number of anilines is 3. The van der Waals surface area contributed by atoms with Gasteiger partial charge in [0.05, 0.1) is 58.8 Å². The lowest BCUT2D eigenvalue weighted by Gasteiger charge is -2.27. The second-order valence-electron chi connectivity index (χ2n) is 12.4. The van der Waals surface area contributed by atoms with Crippen molar-refractivity contribution in [3.63, 3.8) is 0 Å². The summed E-state index contributed by atoms with van der Waals surface area (Å²) in [6, 6.07) is 56.0. The Bertz CT molecular complexity index is 2670. The highest BCUT2D eigenvalue weighted by Gasteiger charge is 2.24. The van der Waals surface area contributed by atoms with E-state index in [1.54, 1.807) is 7.11 Å². The number of benzene rings is 7. The van der Waals surface area contributed by atoms with E-state index >= 15 is 0 Å². The van der Waals surface area contributed by atoms with Crippen LogP contribution in [0.4, 0.5) is 22.7 Å². The van der Waals surface area contributed by atoms with Gasteiger partial charge in [-0.2, -0.15) is 5.26 Å². The van der Waals surface area contributed by atoms with Crippen LogP contribution in [0.15, 0.2) is 158 Å². The van der Waals surface area contributed by atoms with Crippen LogP contribution in [-0.4, -0.2) is 16.2 Å². The number of ether oxygens (including phenoxy) is 1. The Hall–Kier alpha value is -7.28. The minimum atomic E-state index is 0.610. The van der Waals surface area contributed by atoms with E-state index in [4.69, 9.17) is 11.3 Å². The second kappa shape index (κ2) is 12.0. The Morgan fingerprint density at radius 3 is 1.55 bits per heavy atom. The summed E-state index contributed by atoms with van der Waals surface area (Å²) in [5, 5.41) is 14.0. The molecule has 2 aromatic heterocycles. The number of hydrogen-bond donors (Lipinski definition) is 0. The van der Waals surface area contributed by atoms with Crippen LogP contribution < -0.4 is 9.64 Å². The summed E-state index contributed by atoms with van der Waals surface area (Å²) in [5.41, 5.74) is 10.6. The molecule has 6 nitrogen and oxygen atoms in total. The lowest BCUT2D eigenvalue weighted by Crippen LogP contribution is -2.11. The molecule has 0 fully saturated rings. The Labute approximate surface area is 294 Å². The van der Waals surface area contributed by atoms with Crippen LogP contribution in [0.3, 0.4) is 0 Å². The zero-order valence-corrected chi connectivity index (χ0v) is 27.7. The standard InChI is InChI=1S/C45H29N5O/c1-47-31-19-23-33(24-20-31)49-39-12-6-4-10-37(39)45-41(49)14-8-16-43(45)50(34-25-27-35(51-2)28-26-34)42-15-7-13-40-44(42)36-9-3-5-11-38(36)48(40)32-21-17-30(29-46)18-22-32/h3-28H,2H3. The van der Waals surface area contributed by atoms with Gasteiger partial charge in [-0.1, -0.05) is 60.7 Å². The summed E-state index contributed by atoms with van der Waals surface area (Å²) in [5.74, 6) is 0.784. The van der Waals surface area contributed by atoms with E-state index in [-0.39, 0.29) is 0 Å². The molecule has 0 unspecified atom stereocenters. The SMILES string of the molecule is [C-]#[N+]c1ccc(-n2c3ccccc3c3c(N(c4ccc(OC)cc4)c4cccc5c4c4ccccc4n5-c4ccc(C#N)cc4)cccc32)cc1. The van der Waals surface area contributed by atoms with E-state index in [0.717, 1.165) is 77.8 Å². The first-order valence-corrected chi connectivity index (χ1v) is 16.7. The van der Waals surface area contributed by atoms with Gasteiger partial charge in [-0.05, 0) is 97.1 Å². The summed E-state index contributed by atoms with van der Waals surface area (Å²) in [6.45, 7) is 7.48. The van der Waals surface area contributed by atoms with Crippen LogP contribution in [-0.2, 0) is 0 Å². The molecule has 0 saturated heterocycles. The first kappa shape index (κ1) is 29.8. The molecule has 9 aromatic rings. The van der Waals surface area contributed by atoms with Crippen molar-refractivity contribution in [3.05, 3.63) is 175 Å². The van der Waals surface area contributed by atoms with E-state index in [2.05, 4.69) is 122 Å². The minimum absolute atomic E-state index is 0.610. The van der Waals surface area contributed by atoms with E-state index in [1.807, 2.05) is 60.7 Å². The van der Waals surface area contributed by atoms with Gasteiger partial charge < -0.3 is 18.8 Å². The average molecular weight is 656 g/mol. The van der Waals surface area contributed by atoms with Crippen LogP contribution >= 0.6 is 0 Å². The summed E-state index contributed by atoms with van der Waals surface area (Å²) >= 11 is 0. The molecule has 0 spiro atoms. The van der Waals surface area contributed by atoms with Crippen molar-refractivity contribution in [3.8, 4) is 23.2 Å². The monoisotopic (exact) mass is 655 g/mol. The third-order valence-electron chi connectivity index (χ3n) is 9.66. The van der Waals surface area contributed by atoms with Gasteiger partial charge in [0, 0.05) is 38.6 Å². The third kappa shape index (κ3) is 4.70. The molecular formula is C45H29N5O. The molecule has 0 radical (unpaired) electrons. The van der Waals surface area contributed by atoms with Gasteiger partial charge in [-0.25, -0.2) is 4.85 Å². The lowest BCUT2D eigenvalue weighted by molar-refractivity contribution is 0.415. The molecule has 2 heterocycles. The molecule has 51 heavy (non-hydrogen) atoms. The van der Waals surface area contributed by atoms with Crippen molar-refractivity contribution in [2.45, 2.75) is 0 Å². The number of para-hydroxylation sites is 2. The van der Waals surface area contributed by atoms with Crippen LogP contribution in [0.5, 0.6) is 5.75 Å². The molecule has 9 rings (SSSR count). The topological polar surface area (TPSA) is 50.5 Å². The summed E-state index contributed by atoms with van der Waals surface area (Å²) in [7, 11) is 1.69. The number of nitrogens with zero attached hydrogens (tertiary/aromatic N) is 5. The predicted molar refractivity (Wildman–Crippen MR) is 207 cm³/mol. The Kier molecular flexibility index (Phi) is 7.02. The molecule has 6 heteroatoms. The van der Waals surface area contributed by atoms with Crippen LogP contribution in [0.1, 0.15) is 5.56 Å². The number of fused-ring (bicyclic) bond motifs is 6. The molecular weight excluding hydrogens is 627 g/mol. The molecule has 0 aliphatic carbocycles. The van der Waals surface area contributed by atoms with Crippen molar-refractivity contribution < 1.29 is 4.74 Å². The zero-order chi connectivity index (χ0) is 34.5. The van der Waals surface area contributed by atoms with Gasteiger partial charge in [-0.3, -0.25) is 0 Å². The van der Waals surface area contributed by atoms with Crippen LogP contribution in [0.25, 0.3) is 59.8 Å². The Morgan fingerprint density at radius 2 is 1.06 bits per heavy atom. The van der Waals surface area contributed by atoms with Gasteiger partial charge in [0.25, 0.3) is 0 Å². The average Bonchev–Trinajstić information content (AvgIpc) is 3.72. The maximum Gasteiger partial charge on any atom is 0.187 e. The molecule has 0 bridgehead atoms. The number of hydrogen-bond acceptors (Lipinski definition) is 3. The largest absolute Gasteiger partial charge is 0.497 e. The lowest BCUT2D eigenvalue weighted by atomic mass is 10.1. The van der Waals surface area contributed by atoms with Crippen molar-refractivity contribution in [2.75, 3.05) is 12.0 Å². The van der Waals surface area contributed by atoms with Crippen LogP contribution in [0.2, 0.25) is 0 Å². The number of aromatic nitrogens is 2. The number of rotatable bonds is 6. The normalized spacial score (nSPS) is 11.2. The molecule has 240 valence electrons. The Balaban J connectivity index is 1.38. The number of methoxy groups -OCH3 is 1. The van der Waals surface area contributed by atoms with E-state index in [9.17, 15) is 5.26 Å². The molecule has 0 aliphatic heterocycles. The minimum Gasteiger partial charge on any atom is -0.497 e. The first-order valence-electron chi connectivity index (χ1n) is 16.7. The zero-order valence-electron chi connectivity index (χ0n) is 27.7. The number of nitriles is 1. The van der Waals surface area contributed by atoms with Gasteiger partial charge in [0.15, 0.2) is 5.69 Å². The molecule has 0 amide bonds. The van der Waals surface area contributed by atoms with Gasteiger partial charge in [-0.15, -0.1) is 0 Å². The highest BCUT2D eigenvalue weighted by Crippen LogP contribution is 2.48. The van der Waals surface area contributed by atoms with Gasteiger partial charge in [0.2, 0.25) is 0 Å². The molecule has 0 N–H and O–H groups in total. The molecule has 0 aliphatic rings. The van der Waals surface area contributed by atoms with E-state index < -0.39 is 0 Å². The van der Waals surface area contributed by atoms with E-state index in [0.29, 0.717) is 11.3 Å². The van der Waals surface area contributed by atoms with Crippen LogP contribution in [0, 0.1) is 17.9 Å². The first-order chi connectivity index (χ1) is 25.2. The van der Waals surface area contributed by atoms with Crippen molar-refractivity contribution in [1.82, 2.24) is 9.13 Å². The van der Waals surface area contributed by atoms with Gasteiger partial charge >= 0.3 is 0 Å². The second-order valence-corrected chi connectivity index (χ2v) is 12.4. The van der Waals surface area contributed by atoms with Crippen molar-refractivity contribution >= 4 is 66.4 Å². The fourth-order valence-electron chi connectivity index (χ4n) is 7.43. The highest BCUT2D eigenvalue weighted by molar-refractivity contribution is 6.20. The summed E-state index contributed by atoms with van der Waals surface area (Å²) in [6.07, 6.45) is 0. The maximum absolute atomic E-state index is 9.50. The third-order valence-corrected chi connectivity index (χ3v) is 9.66. The highest BCUT2D eigenvalue weighted by atomic mass is 16.5. The van der Waals surface area contributed by atoms with Crippen molar-refractivity contribution in [1.29, 1.82) is 5.26 Å². The van der Waals surface area contributed by atoms with E-state index in [1.165, 1.54) is 0 Å². The molecule has 7 aromatic carbocycles. The predicted octanol–water partition coefficient (Wildman–Crippen LogP) is 11.8. The fraction of sp³-hybridized carbons (Fsp3) is 0.0222. The fourth-order valence-corrected chi connectivity index (χ4v) is 7.43. The summed E-state index contributed by atoms with van der Waals surface area (Å²) in [4.78, 5) is 5.98. The van der Waals surface area contributed by atoms with Crippen molar-refractivity contribution in [2.24, 2.45) is 0 Å². The summed E-state index contributed by atoms with van der Waals surface area (Å²) < 4.78 is 10.2.